The van der Waals surface area contributed by atoms with Crippen LogP contribution in [-0.2, 0) is 20.7 Å². The van der Waals surface area contributed by atoms with Crippen LogP contribution in [0.1, 0.15) is 17.5 Å². The number of rotatable bonds is 5. The van der Waals surface area contributed by atoms with E-state index in [1.54, 1.807) is 24.3 Å². The Morgan fingerprint density at radius 3 is 2.95 bits per heavy atom. The van der Waals surface area contributed by atoms with Gasteiger partial charge in [0.1, 0.15) is 6.04 Å². The van der Waals surface area contributed by atoms with Crippen LogP contribution >= 0.6 is 0 Å². The van der Waals surface area contributed by atoms with E-state index in [9.17, 15) is 14.7 Å². The minimum atomic E-state index is -1.09. The van der Waals surface area contributed by atoms with Gasteiger partial charge in [0, 0.05) is 13.0 Å². The van der Waals surface area contributed by atoms with Gasteiger partial charge < -0.3 is 15.2 Å². The van der Waals surface area contributed by atoms with E-state index in [4.69, 9.17) is 10.00 Å². The molecule has 110 valence electrons. The standard InChI is InChI=1S/C15H16N2O4/c16-8-11-3-1-2-10(6-11)7-13(15(19)20)17-14(18)12-4-5-21-9-12/h1-3,6,12-13H,4-5,7,9H2,(H,17,18)(H,19,20)/t12-,13+/m0/s1. The third kappa shape index (κ3) is 4.04. The number of ether oxygens (including phenoxy) is 1. The van der Waals surface area contributed by atoms with E-state index >= 15 is 0 Å². The van der Waals surface area contributed by atoms with Crippen molar-refractivity contribution in [2.75, 3.05) is 13.2 Å². The van der Waals surface area contributed by atoms with Gasteiger partial charge in [0.05, 0.1) is 24.2 Å². The van der Waals surface area contributed by atoms with Gasteiger partial charge in [-0.1, -0.05) is 12.1 Å². The van der Waals surface area contributed by atoms with Crippen molar-refractivity contribution in [2.24, 2.45) is 5.92 Å². The molecule has 1 heterocycles. The number of carbonyl (C=O) groups excluding carboxylic acids is 1. The average Bonchev–Trinajstić information content (AvgIpc) is 3.01. The molecule has 1 aliphatic rings. The maximum atomic E-state index is 12.0. The predicted molar refractivity (Wildman–Crippen MR) is 73.4 cm³/mol. The monoisotopic (exact) mass is 288 g/mol. The van der Waals surface area contributed by atoms with E-state index in [-0.39, 0.29) is 18.2 Å². The lowest BCUT2D eigenvalue weighted by Crippen LogP contribution is -2.45. The van der Waals surface area contributed by atoms with Gasteiger partial charge in [0.2, 0.25) is 5.91 Å². The highest BCUT2D eigenvalue weighted by atomic mass is 16.5. The number of nitrogens with one attached hydrogen (secondary N) is 1. The fraction of sp³-hybridized carbons (Fsp3) is 0.400. The number of amides is 1. The van der Waals surface area contributed by atoms with E-state index in [0.29, 0.717) is 30.8 Å². The molecule has 0 aliphatic carbocycles. The highest BCUT2D eigenvalue weighted by Gasteiger charge is 2.28. The van der Waals surface area contributed by atoms with Gasteiger partial charge in [-0.2, -0.15) is 5.26 Å². The van der Waals surface area contributed by atoms with Crippen LogP contribution < -0.4 is 5.32 Å². The summed E-state index contributed by atoms with van der Waals surface area (Å²) in [4.78, 5) is 23.3. The molecule has 2 N–H and O–H groups in total. The van der Waals surface area contributed by atoms with Crippen LogP contribution in [-0.4, -0.2) is 36.2 Å². The van der Waals surface area contributed by atoms with Crippen LogP contribution in [0.3, 0.4) is 0 Å². The molecule has 1 aliphatic heterocycles. The summed E-state index contributed by atoms with van der Waals surface area (Å²) in [5.74, 6) is -1.67. The molecular formula is C15H16N2O4. The van der Waals surface area contributed by atoms with E-state index in [0.717, 1.165) is 0 Å². The Balaban J connectivity index is 2.03. The van der Waals surface area contributed by atoms with Crippen molar-refractivity contribution in [1.29, 1.82) is 5.26 Å². The van der Waals surface area contributed by atoms with Gasteiger partial charge in [-0.05, 0) is 24.1 Å². The summed E-state index contributed by atoms with van der Waals surface area (Å²) in [6.07, 6.45) is 0.756. The first-order chi connectivity index (χ1) is 10.1. The Bertz CT molecular complexity index is 573. The zero-order valence-electron chi connectivity index (χ0n) is 11.4. The van der Waals surface area contributed by atoms with Gasteiger partial charge in [-0.15, -0.1) is 0 Å². The number of hydrogen-bond acceptors (Lipinski definition) is 4. The molecule has 0 unspecified atom stereocenters. The van der Waals surface area contributed by atoms with Crippen molar-refractivity contribution >= 4 is 11.9 Å². The van der Waals surface area contributed by atoms with Gasteiger partial charge in [-0.25, -0.2) is 4.79 Å². The first-order valence-corrected chi connectivity index (χ1v) is 6.70. The molecule has 0 bridgehead atoms. The molecule has 0 radical (unpaired) electrons. The number of carbonyl (C=O) groups is 2. The van der Waals surface area contributed by atoms with E-state index in [1.807, 2.05) is 6.07 Å². The lowest BCUT2D eigenvalue weighted by molar-refractivity contribution is -0.142. The number of nitrogens with zero attached hydrogens (tertiary/aromatic N) is 1. The Labute approximate surface area is 122 Å². The normalized spacial score (nSPS) is 18.7. The van der Waals surface area contributed by atoms with Gasteiger partial charge in [-0.3, -0.25) is 4.79 Å². The van der Waals surface area contributed by atoms with Crippen LogP contribution in [0.15, 0.2) is 24.3 Å². The van der Waals surface area contributed by atoms with Gasteiger partial charge in [0.25, 0.3) is 0 Å². The number of aliphatic carboxylic acids is 1. The van der Waals surface area contributed by atoms with Crippen molar-refractivity contribution in [3.05, 3.63) is 35.4 Å². The molecule has 21 heavy (non-hydrogen) atoms. The first kappa shape index (κ1) is 15.0. The fourth-order valence-corrected chi connectivity index (χ4v) is 2.23. The maximum Gasteiger partial charge on any atom is 0.326 e. The topological polar surface area (TPSA) is 99.4 Å². The van der Waals surface area contributed by atoms with E-state index < -0.39 is 12.0 Å². The minimum absolute atomic E-state index is 0.143. The highest BCUT2D eigenvalue weighted by molar-refractivity contribution is 5.85. The van der Waals surface area contributed by atoms with Crippen LogP contribution in [0.4, 0.5) is 0 Å². The SMILES string of the molecule is N#Cc1cccc(C[C@@H](NC(=O)[C@H]2CCOC2)C(=O)O)c1. The second kappa shape index (κ2) is 6.86. The Hall–Kier alpha value is -2.39. The summed E-state index contributed by atoms with van der Waals surface area (Å²) < 4.78 is 5.12. The minimum Gasteiger partial charge on any atom is -0.480 e. The molecule has 1 fully saturated rings. The van der Waals surface area contributed by atoms with Crippen molar-refractivity contribution in [1.82, 2.24) is 5.32 Å². The zero-order chi connectivity index (χ0) is 15.2. The summed E-state index contributed by atoms with van der Waals surface area (Å²) in [7, 11) is 0. The van der Waals surface area contributed by atoms with Crippen molar-refractivity contribution in [2.45, 2.75) is 18.9 Å². The summed E-state index contributed by atoms with van der Waals surface area (Å²) >= 11 is 0. The third-order valence-corrected chi connectivity index (χ3v) is 3.41. The van der Waals surface area contributed by atoms with Gasteiger partial charge >= 0.3 is 5.97 Å². The number of hydrogen-bond donors (Lipinski definition) is 2. The number of nitriles is 1. The predicted octanol–water partition coefficient (Wildman–Crippen LogP) is 0.707. The largest absolute Gasteiger partial charge is 0.480 e. The van der Waals surface area contributed by atoms with E-state index in [2.05, 4.69) is 5.32 Å². The van der Waals surface area contributed by atoms with Crippen molar-refractivity contribution < 1.29 is 19.4 Å². The highest BCUT2D eigenvalue weighted by Crippen LogP contribution is 2.13. The summed E-state index contributed by atoms with van der Waals surface area (Å²) in [6.45, 7) is 0.863. The zero-order valence-corrected chi connectivity index (χ0v) is 11.4. The molecule has 6 nitrogen and oxygen atoms in total. The van der Waals surface area contributed by atoms with Gasteiger partial charge in [0.15, 0.2) is 0 Å². The van der Waals surface area contributed by atoms with Crippen LogP contribution in [0.2, 0.25) is 0 Å². The molecule has 2 rings (SSSR count). The molecule has 0 aromatic heterocycles. The Morgan fingerprint density at radius 2 is 2.33 bits per heavy atom. The van der Waals surface area contributed by atoms with Crippen LogP contribution in [0, 0.1) is 17.2 Å². The summed E-state index contributed by atoms with van der Waals surface area (Å²) in [6, 6.07) is 7.70. The molecule has 0 spiro atoms. The lowest BCUT2D eigenvalue weighted by Gasteiger charge is -2.17. The number of benzene rings is 1. The maximum absolute atomic E-state index is 12.0. The second-order valence-corrected chi connectivity index (χ2v) is 4.98. The quantitative estimate of drug-likeness (QED) is 0.831. The second-order valence-electron chi connectivity index (χ2n) is 4.98. The molecular weight excluding hydrogens is 272 g/mol. The van der Waals surface area contributed by atoms with Crippen molar-refractivity contribution in [3.63, 3.8) is 0 Å². The molecule has 1 saturated heterocycles. The molecule has 1 aromatic rings. The third-order valence-electron chi connectivity index (χ3n) is 3.41. The smallest absolute Gasteiger partial charge is 0.326 e. The van der Waals surface area contributed by atoms with Crippen LogP contribution in [0.25, 0.3) is 0 Å². The number of carboxylic acid groups (broad SMARTS) is 1. The molecule has 1 amide bonds. The Morgan fingerprint density at radius 1 is 1.52 bits per heavy atom. The molecule has 2 atom stereocenters. The Kier molecular flexibility index (Phi) is 4.90. The van der Waals surface area contributed by atoms with Crippen molar-refractivity contribution in [3.8, 4) is 6.07 Å². The molecule has 0 saturated carbocycles. The summed E-state index contributed by atoms with van der Waals surface area (Å²) in [5, 5.41) is 20.6. The fourth-order valence-electron chi connectivity index (χ4n) is 2.23. The lowest BCUT2D eigenvalue weighted by atomic mass is 10.0. The van der Waals surface area contributed by atoms with E-state index in [1.165, 1.54) is 0 Å². The average molecular weight is 288 g/mol. The number of carboxylic acids is 1. The van der Waals surface area contributed by atoms with Crippen LogP contribution in [0.5, 0.6) is 0 Å². The first-order valence-electron chi connectivity index (χ1n) is 6.70. The summed E-state index contributed by atoms with van der Waals surface area (Å²) in [5.41, 5.74) is 1.16. The molecule has 6 heteroatoms. The molecule has 1 aromatic carbocycles.